The van der Waals surface area contributed by atoms with Crippen LogP contribution in [-0.2, 0) is 5.41 Å². The van der Waals surface area contributed by atoms with Gasteiger partial charge in [0, 0.05) is 23.7 Å². The highest BCUT2D eigenvalue weighted by atomic mass is 19.1. The average Bonchev–Trinajstić information content (AvgIpc) is 2.68. The number of pyridine rings is 1. The fourth-order valence-electron chi connectivity index (χ4n) is 2.73. The van der Waals surface area contributed by atoms with Gasteiger partial charge in [0.25, 0.3) is 5.91 Å². The first-order valence-corrected chi connectivity index (χ1v) is 8.67. The van der Waals surface area contributed by atoms with Crippen LogP contribution < -0.4 is 10.1 Å². The molecule has 1 aromatic heterocycles. The molecule has 0 saturated carbocycles. The third-order valence-electron chi connectivity index (χ3n) is 4.28. The number of nitrogens with one attached hydrogen (secondary N) is 1. The second kappa shape index (κ2) is 7.99. The summed E-state index contributed by atoms with van der Waals surface area (Å²) >= 11 is 0. The Morgan fingerprint density at radius 1 is 1.04 bits per heavy atom. The van der Waals surface area contributed by atoms with E-state index in [0.29, 0.717) is 29.2 Å². The van der Waals surface area contributed by atoms with Crippen LogP contribution in [0.3, 0.4) is 0 Å². The number of ether oxygens (including phenoxy) is 1. The van der Waals surface area contributed by atoms with Crippen LogP contribution in [0, 0.1) is 5.82 Å². The molecule has 0 aliphatic heterocycles. The Morgan fingerprint density at radius 3 is 2.44 bits per heavy atom. The van der Waals surface area contributed by atoms with Crippen molar-refractivity contribution in [2.24, 2.45) is 0 Å². The summed E-state index contributed by atoms with van der Waals surface area (Å²) in [6, 6.07) is 17.0. The predicted octanol–water partition coefficient (Wildman–Crippen LogP) is 4.72. The van der Waals surface area contributed by atoms with Crippen molar-refractivity contribution in [3.8, 4) is 11.5 Å². The summed E-state index contributed by atoms with van der Waals surface area (Å²) in [7, 11) is 0. The van der Waals surface area contributed by atoms with Crippen molar-refractivity contribution in [1.82, 2.24) is 10.3 Å². The standard InChI is InChI=1S/C22H21FN2O2/c1-22(2,19-7-3-4-8-20(19)23)15-25-21(26)16-9-11-17(12-10-16)27-18-6-5-13-24-14-18/h3-14H,15H2,1-2H3,(H,25,26). The van der Waals surface area contributed by atoms with E-state index < -0.39 is 5.41 Å². The van der Waals surface area contributed by atoms with Crippen molar-refractivity contribution in [3.63, 3.8) is 0 Å². The van der Waals surface area contributed by atoms with Gasteiger partial charge in [-0.25, -0.2) is 4.39 Å². The SMILES string of the molecule is CC(C)(CNC(=O)c1ccc(Oc2cccnc2)cc1)c1ccccc1F. The lowest BCUT2D eigenvalue weighted by molar-refractivity contribution is 0.0945. The first-order valence-electron chi connectivity index (χ1n) is 8.67. The minimum Gasteiger partial charge on any atom is -0.456 e. The summed E-state index contributed by atoms with van der Waals surface area (Å²) in [5.41, 5.74) is 0.563. The third-order valence-corrected chi connectivity index (χ3v) is 4.28. The van der Waals surface area contributed by atoms with Gasteiger partial charge in [0.05, 0.1) is 6.20 Å². The van der Waals surface area contributed by atoms with E-state index in [4.69, 9.17) is 4.74 Å². The number of benzene rings is 2. The van der Waals surface area contributed by atoms with Crippen molar-refractivity contribution in [2.75, 3.05) is 6.54 Å². The molecule has 1 heterocycles. The summed E-state index contributed by atoms with van der Waals surface area (Å²) in [4.78, 5) is 16.4. The molecule has 3 aromatic rings. The minimum absolute atomic E-state index is 0.215. The molecule has 0 atom stereocenters. The molecule has 27 heavy (non-hydrogen) atoms. The van der Waals surface area contributed by atoms with E-state index in [2.05, 4.69) is 10.3 Å². The van der Waals surface area contributed by atoms with Crippen molar-refractivity contribution in [3.05, 3.63) is 90.0 Å². The van der Waals surface area contributed by atoms with Gasteiger partial charge in [-0.3, -0.25) is 9.78 Å². The highest BCUT2D eigenvalue weighted by Gasteiger charge is 2.24. The van der Waals surface area contributed by atoms with Crippen molar-refractivity contribution < 1.29 is 13.9 Å². The smallest absolute Gasteiger partial charge is 0.251 e. The summed E-state index contributed by atoms with van der Waals surface area (Å²) in [6.07, 6.45) is 3.29. The zero-order valence-electron chi connectivity index (χ0n) is 15.3. The molecule has 5 heteroatoms. The van der Waals surface area contributed by atoms with Crippen molar-refractivity contribution in [2.45, 2.75) is 19.3 Å². The number of carbonyl (C=O) groups is 1. The van der Waals surface area contributed by atoms with Gasteiger partial charge < -0.3 is 10.1 Å². The van der Waals surface area contributed by atoms with E-state index in [1.165, 1.54) is 6.07 Å². The number of rotatable bonds is 6. The lowest BCUT2D eigenvalue weighted by Gasteiger charge is -2.26. The maximum atomic E-state index is 14.0. The Hall–Kier alpha value is -3.21. The molecule has 0 aliphatic carbocycles. The molecular formula is C22H21FN2O2. The normalized spacial score (nSPS) is 11.1. The number of hydrogen-bond donors (Lipinski definition) is 1. The van der Waals surface area contributed by atoms with Gasteiger partial charge in [-0.05, 0) is 48.0 Å². The van der Waals surface area contributed by atoms with Crippen LogP contribution in [0.4, 0.5) is 4.39 Å². The predicted molar refractivity (Wildman–Crippen MR) is 103 cm³/mol. The zero-order chi connectivity index (χ0) is 19.3. The van der Waals surface area contributed by atoms with E-state index in [-0.39, 0.29) is 11.7 Å². The Bertz CT molecular complexity index is 909. The average molecular weight is 364 g/mol. The fourth-order valence-corrected chi connectivity index (χ4v) is 2.73. The van der Waals surface area contributed by atoms with Gasteiger partial charge >= 0.3 is 0 Å². The van der Waals surface area contributed by atoms with Crippen LogP contribution in [0.2, 0.25) is 0 Å². The number of amides is 1. The fraction of sp³-hybridized carbons (Fsp3) is 0.182. The number of halogens is 1. The maximum Gasteiger partial charge on any atom is 0.251 e. The molecular weight excluding hydrogens is 343 g/mol. The largest absolute Gasteiger partial charge is 0.456 e. The molecule has 0 radical (unpaired) electrons. The monoisotopic (exact) mass is 364 g/mol. The molecule has 0 fully saturated rings. The molecule has 4 nitrogen and oxygen atoms in total. The first-order chi connectivity index (χ1) is 13.0. The third kappa shape index (κ3) is 4.70. The van der Waals surface area contributed by atoms with Gasteiger partial charge in [0.1, 0.15) is 17.3 Å². The van der Waals surface area contributed by atoms with Crippen LogP contribution in [0.15, 0.2) is 73.1 Å². The van der Waals surface area contributed by atoms with E-state index in [1.807, 2.05) is 13.8 Å². The van der Waals surface area contributed by atoms with Gasteiger partial charge in [0.15, 0.2) is 0 Å². The molecule has 0 unspecified atom stereocenters. The van der Waals surface area contributed by atoms with Gasteiger partial charge in [0.2, 0.25) is 0 Å². The minimum atomic E-state index is -0.523. The summed E-state index contributed by atoms with van der Waals surface area (Å²) in [6.45, 7) is 4.12. The maximum absolute atomic E-state index is 14.0. The van der Waals surface area contributed by atoms with E-state index in [0.717, 1.165) is 0 Å². The second-order valence-electron chi connectivity index (χ2n) is 6.86. The van der Waals surface area contributed by atoms with E-state index >= 15 is 0 Å². The van der Waals surface area contributed by atoms with Crippen LogP contribution in [0.5, 0.6) is 11.5 Å². The number of nitrogens with zero attached hydrogens (tertiary/aromatic N) is 1. The van der Waals surface area contributed by atoms with Crippen LogP contribution in [0.25, 0.3) is 0 Å². The van der Waals surface area contributed by atoms with Gasteiger partial charge in [-0.1, -0.05) is 32.0 Å². The zero-order valence-corrected chi connectivity index (χ0v) is 15.3. The molecule has 1 N–H and O–H groups in total. The Morgan fingerprint density at radius 2 is 1.78 bits per heavy atom. The Balaban J connectivity index is 1.62. The number of carbonyl (C=O) groups excluding carboxylic acids is 1. The molecule has 3 rings (SSSR count). The highest BCUT2D eigenvalue weighted by molar-refractivity contribution is 5.94. The van der Waals surface area contributed by atoms with Crippen molar-refractivity contribution in [1.29, 1.82) is 0 Å². The molecule has 1 amide bonds. The number of hydrogen-bond acceptors (Lipinski definition) is 3. The Kier molecular flexibility index (Phi) is 5.50. The summed E-state index contributed by atoms with van der Waals surface area (Å²) in [5, 5.41) is 2.88. The van der Waals surface area contributed by atoms with Gasteiger partial charge in [-0.2, -0.15) is 0 Å². The molecule has 0 spiro atoms. The second-order valence-corrected chi connectivity index (χ2v) is 6.86. The summed E-state index contributed by atoms with van der Waals surface area (Å²) in [5.74, 6) is 0.758. The first kappa shape index (κ1) is 18.6. The molecule has 138 valence electrons. The number of aromatic nitrogens is 1. The van der Waals surface area contributed by atoms with Crippen LogP contribution >= 0.6 is 0 Å². The van der Waals surface area contributed by atoms with Crippen LogP contribution in [-0.4, -0.2) is 17.4 Å². The molecule has 0 bridgehead atoms. The quantitative estimate of drug-likeness (QED) is 0.688. The van der Waals surface area contributed by atoms with Gasteiger partial charge in [-0.15, -0.1) is 0 Å². The lowest BCUT2D eigenvalue weighted by atomic mass is 9.84. The molecule has 0 saturated heterocycles. The van der Waals surface area contributed by atoms with E-state index in [1.54, 1.807) is 67.0 Å². The Labute approximate surface area is 158 Å². The molecule has 0 aliphatic rings. The summed E-state index contributed by atoms with van der Waals surface area (Å²) < 4.78 is 19.7. The molecule has 2 aromatic carbocycles. The lowest BCUT2D eigenvalue weighted by Crippen LogP contribution is -2.37. The highest BCUT2D eigenvalue weighted by Crippen LogP contribution is 2.25. The van der Waals surface area contributed by atoms with Crippen molar-refractivity contribution >= 4 is 5.91 Å². The topological polar surface area (TPSA) is 51.2 Å². The van der Waals surface area contributed by atoms with Crippen LogP contribution in [0.1, 0.15) is 29.8 Å². The van der Waals surface area contributed by atoms with E-state index in [9.17, 15) is 9.18 Å².